The van der Waals surface area contributed by atoms with Gasteiger partial charge in [-0.15, -0.1) is 0 Å². The topological polar surface area (TPSA) is 32.3 Å². The van der Waals surface area contributed by atoms with E-state index in [-0.39, 0.29) is 6.61 Å². The lowest BCUT2D eigenvalue weighted by molar-refractivity contribution is 0.275. The zero-order chi connectivity index (χ0) is 13.4. The minimum absolute atomic E-state index is 0.290. The van der Waals surface area contributed by atoms with Crippen LogP contribution in [0.3, 0.4) is 0 Å². The molecule has 2 unspecified atom stereocenters. The lowest BCUT2D eigenvalue weighted by Crippen LogP contribution is -2.32. The molecular formula is C16H27NO. The highest BCUT2D eigenvalue weighted by Crippen LogP contribution is 2.23. The largest absolute Gasteiger partial charge is 0.396 e. The van der Waals surface area contributed by atoms with Crippen molar-refractivity contribution in [1.29, 1.82) is 0 Å². The summed E-state index contributed by atoms with van der Waals surface area (Å²) in [5, 5.41) is 12.4. The molecule has 0 spiro atoms. The smallest absolute Gasteiger partial charge is 0.0431 e. The van der Waals surface area contributed by atoms with Crippen molar-refractivity contribution in [2.75, 3.05) is 13.2 Å². The molecule has 102 valence electrons. The van der Waals surface area contributed by atoms with E-state index < -0.39 is 0 Å². The van der Waals surface area contributed by atoms with Gasteiger partial charge in [0.15, 0.2) is 0 Å². The predicted octanol–water partition coefficient (Wildman–Crippen LogP) is 3.18. The van der Waals surface area contributed by atoms with Crippen molar-refractivity contribution in [3.8, 4) is 0 Å². The van der Waals surface area contributed by atoms with Gasteiger partial charge in [0.2, 0.25) is 0 Å². The molecule has 0 bridgehead atoms. The first-order chi connectivity index (χ1) is 8.65. The fourth-order valence-electron chi connectivity index (χ4n) is 2.27. The Balaban J connectivity index is 2.49. The third kappa shape index (κ3) is 5.19. The van der Waals surface area contributed by atoms with Gasteiger partial charge in [-0.1, -0.05) is 44.2 Å². The van der Waals surface area contributed by atoms with Gasteiger partial charge in [0.25, 0.3) is 0 Å². The summed E-state index contributed by atoms with van der Waals surface area (Å²) < 4.78 is 0. The van der Waals surface area contributed by atoms with Crippen LogP contribution in [0.4, 0.5) is 0 Å². The van der Waals surface area contributed by atoms with Crippen molar-refractivity contribution in [1.82, 2.24) is 5.32 Å². The van der Waals surface area contributed by atoms with Gasteiger partial charge in [0.05, 0.1) is 0 Å². The van der Waals surface area contributed by atoms with Crippen LogP contribution in [0.25, 0.3) is 0 Å². The first-order valence-electron chi connectivity index (χ1n) is 7.04. The summed E-state index contributed by atoms with van der Waals surface area (Å²) in [6.45, 7) is 8.04. The highest BCUT2D eigenvalue weighted by Gasteiger charge is 2.16. The Bertz CT molecular complexity index is 310. The monoisotopic (exact) mass is 249 g/mol. The molecular weight excluding hydrogens is 222 g/mol. The van der Waals surface area contributed by atoms with Crippen molar-refractivity contribution in [2.24, 2.45) is 5.92 Å². The van der Waals surface area contributed by atoms with Crippen LogP contribution >= 0.6 is 0 Å². The minimum Gasteiger partial charge on any atom is -0.396 e. The van der Waals surface area contributed by atoms with Gasteiger partial charge < -0.3 is 10.4 Å². The van der Waals surface area contributed by atoms with Crippen LogP contribution in [0.2, 0.25) is 0 Å². The van der Waals surface area contributed by atoms with E-state index >= 15 is 0 Å². The molecule has 0 aliphatic rings. The molecule has 0 saturated heterocycles. The summed E-state index contributed by atoms with van der Waals surface area (Å²) in [5.41, 5.74) is 1.41. The molecule has 1 aromatic carbocycles. The molecule has 0 radical (unpaired) electrons. The van der Waals surface area contributed by atoms with Gasteiger partial charge in [-0.25, -0.2) is 0 Å². The molecule has 0 heterocycles. The maximum Gasteiger partial charge on any atom is 0.0431 e. The number of hydrogen-bond donors (Lipinski definition) is 2. The second-order valence-corrected chi connectivity index (χ2v) is 5.44. The van der Waals surface area contributed by atoms with E-state index in [4.69, 9.17) is 5.11 Å². The molecule has 0 aliphatic carbocycles. The Labute approximate surface area is 111 Å². The summed E-state index contributed by atoms with van der Waals surface area (Å²) in [4.78, 5) is 0. The summed E-state index contributed by atoms with van der Waals surface area (Å²) in [7, 11) is 0. The van der Waals surface area contributed by atoms with Gasteiger partial charge in [-0.2, -0.15) is 0 Å². The lowest BCUT2D eigenvalue weighted by Gasteiger charge is -2.24. The van der Waals surface area contributed by atoms with Crippen LogP contribution in [-0.2, 0) is 0 Å². The van der Waals surface area contributed by atoms with Crippen molar-refractivity contribution in [2.45, 2.75) is 45.6 Å². The first kappa shape index (κ1) is 15.2. The molecule has 1 aromatic rings. The van der Waals surface area contributed by atoms with Gasteiger partial charge in [-0.3, -0.25) is 0 Å². The van der Waals surface area contributed by atoms with E-state index in [1.807, 2.05) is 0 Å². The van der Waals surface area contributed by atoms with Crippen LogP contribution < -0.4 is 5.32 Å². The first-order valence-corrected chi connectivity index (χ1v) is 7.04. The fraction of sp³-hybridized carbons (Fsp3) is 0.625. The number of rotatable bonds is 8. The molecule has 0 amide bonds. The maximum atomic E-state index is 8.83. The van der Waals surface area contributed by atoms with Gasteiger partial charge in [-0.05, 0) is 37.2 Å². The molecule has 0 aliphatic heterocycles. The average Bonchev–Trinajstić information content (AvgIpc) is 2.37. The summed E-state index contributed by atoms with van der Waals surface area (Å²) in [6.07, 6.45) is 1.92. The normalized spacial score (nSPS) is 14.7. The number of aliphatic hydroxyl groups excluding tert-OH is 1. The SMILES string of the molecule is CC(CCCO)NCC(c1ccccc1)C(C)C. The maximum absolute atomic E-state index is 8.83. The molecule has 2 nitrogen and oxygen atoms in total. The molecule has 0 fully saturated rings. The second kappa shape index (κ2) is 8.28. The molecule has 0 saturated carbocycles. The third-order valence-corrected chi connectivity index (χ3v) is 3.51. The highest BCUT2D eigenvalue weighted by atomic mass is 16.2. The average molecular weight is 249 g/mol. The molecule has 2 atom stereocenters. The lowest BCUT2D eigenvalue weighted by atomic mass is 9.88. The van der Waals surface area contributed by atoms with Crippen LogP contribution in [0, 0.1) is 5.92 Å². The van der Waals surface area contributed by atoms with Crippen LogP contribution in [0.5, 0.6) is 0 Å². The molecule has 2 N–H and O–H groups in total. The number of benzene rings is 1. The van der Waals surface area contributed by atoms with Gasteiger partial charge >= 0.3 is 0 Å². The highest BCUT2D eigenvalue weighted by molar-refractivity contribution is 5.20. The quantitative estimate of drug-likeness (QED) is 0.741. The van der Waals surface area contributed by atoms with Crippen LogP contribution in [0.1, 0.15) is 45.1 Å². The van der Waals surface area contributed by atoms with Gasteiger partial charge in [0.1, 0.15) is 0 Å². The van der Waals surface area contributed by atoms with Crippen LogP contribution in [-0.4, -0.2) is 24.3 Å². The number of aliphatic hydroxyl groups is 1. The van der Waals surface area contributed by atoms with E-state index in [9.17, 15) is 0 Å². The molecule has 0 aromatic heterocycles. The number of hydrogen-bond acceptors (Lipinski definition) is 2. The van der Waals surface area contributed by atoms with Crippen molar-refractivity contribution >= 4 is 0 Å². The minimum atomic E-state index is 0.290. The Kier molecular flexibility index (Phi) is 6.99. The fourth-order valence-corrected chi connectivity index (χ4v) is 2.27. The molecule has 1 rings (SSSR count). The van der Waals surface area contributed by atoms with Crippen molar-refractivity contribution in [3.05, 3.63) is 35.9 Å². The molecule has 2 heteroatoms. The predicted molar refractivity (Wildman–Crippen MR) is 77.8 cm³/mol. The van der Waals surface area contributed by atoms with Crippen molar-refractivity contribution < 1.29 is 5.11 Å². The molecule has 18 heavy (non-hydrogen) atoms. The Morgan fingerprint density at radius 3 is 2.33 bits per heavy atom. The Hall–Kier alpha value is -0.860. The van der Waals surface area contributed by atoms with Gasteiger partial charge in [0, 0.05) is 19.2 Å². The third-order valence-electron chi connectivity index (χ3n) is 3.51. The summed E-state index contributed by atoms with van der Waals surface area (Å²) in [5.74, 6) is 1.19. The van der Waals surface area contributed by atoms with E-state index in [1.54, 1.807) is 0 Å². The zero-order valence-electron chi connectivity index (χ0n) is 11.9. The Morgan fingerprint density at radius 1 is 1.11 bits per heavy atom. The zero-order valence-corrected chi connectivity index (χ0v) is 11.9. The number of nitrogens with one attached hydrogen (secondary N) is 1. The second-order valence-electron chi connectivity index (χ2n) is 5.44. The Morgan fingerprint density at radius 2 is 1.78 bits per heavy atom. The van der Waals surface area contributed by atoms with Crippen molar-refractivity contribution in [3.63, 3.8) is 0 Å². The van der Waals surface area contributed by atoms with E-state index in [0.717, 1.165) is 19.4 Å². The van der Waals surface area contributed by atoms with E-state index in [1.165, 1.54) is 5.56 Å². The summed E-state index contributed by atoms with van der Waals surface area (Å²) >= 11 is 0. The van der Waals surface area contributed by atoms with E-state index in [2.05, 4.69) is 56.4 Å². The standard InChI is InChI=1S/C16H27NO/c1-13(2)16(15-9-5-4-6-10-15)12-17-14(3)8-7-11-18/h4-6,9-10,13-14,16-18H,7-8,11-12H2,1-3H3. The van der Waals surface area contributed by atoms with Crippen LogP contribution in [0.15, 0.2) is 30.3 Å². The van der Waals surface area contributed by atoms with E-state index in [0.29, 0.717) is 17.9 Å². The summed E-state index contributed by atoms with van der Waals surface area (Å²) in [6, 6.07) is 11.2.